The summed E-state index contributed by atoms with van der Waals surface area (Å²) in [5.41, 5.74) is 3.24. The van der Waals surface area contributed by atoms with Gasteiger partial charge in [0.05, 0.1) is 9.79 Å². The van der Waals surface area contributed by atoms with Gasteiger partial charge in [-0.25, -0.2) is 21.2 Å². The predicted octanol–water partition coefficient (Wildman–Crippen LogP) is 3.99. The van der Waals surface area contributed by atoms with Gasteiger partial charge in [0.25, 0.3) is 10.0 Å². The van der Waals surface area contributed by atoms with Gasteiger partial charge in [0.15, 0.2) is 0 Å². The van der Waals surface area contributed by atoms with Crippen molar-refractivity contribution in [3.8, 4) is 0 Å². The molecule has 6 nitrogen and oxygen atoms in total. The predicted molar refractivity (Wildman–Crippen MR) is 121 cm³/mol. The van der Waals surface area contributed by atoms with Gasteiger partial charge in [0.1, 0.15) is 5.82 Å². The Morgan fingerprint density at radius 3 is 2.22 bits per heavy atom. The number of nitrogens with one attached hydrogen (secondary N) is 1. The third kappa shape index (κ3) is 4.41. The Labute approximate surface area is 187 Å². The number of sulfonamides is 2. The number of halogens is 1. The van der Waals surface area contributed by atoms with Crippen molar-refractivity contribution in [2.24, 2.45) is 0 Å². The van der Waals surface area contributed by atoms with E-state index in [1.807, 2.05) is 6.92 Å². The molecule has 1 heterocycles. The highest BCUT2D eigenvalue weighted by Crippen LogP contribution is 2.28. The van der Waals surface area contributed by atoms with E-state index in [0.717, 1.165) is 22.8 Å². The molecule has 0 saturated heterocycles. The number of rotatable bonds is 5. The number of fused-ring (bicyclic) bond motifs is 1. The third-order valence-electron chi connectivity index (χ3n) is 5.53. The number of nitrogens with zero attached hydrogens (tertiary/aromatic N) is 1. The first kappa shape index (κ1) is 22.4. The molecule has 1 aliphatic heterocycles. The highest BCUT2D eigenvalue weighted by molar-refractivity contribution is 7.92. The zero-order valence-corrected chi connectivity index (χ0v) is 19.3. The lowest BCUT2D eigenvalue weighted by Crippen LogP contribution is -2.36. The molecule has 32 heavy (non-hydrogen) atoms. The molecule has 0 unspecified atom stereocenters. The molecule has 0 spiro atoms. The Morgan fingerprint density at radius 1 is 0.844 bits per heavy atom. The van der Waals surface area contributed by atoms with Crippen molar-refractivity contribution in [3.63, 3.8) is 0 Å². The molecule has 4 rings (SSSR count). The van der Waals surface area contributed by atoms with Gasteiger partial charge in [-0.05, 0) is 79.4 Å². The molecule has 0 bridgehead atoms. The Balaban J connectivity index is 1.59. The summed E-state index contributed by atoms with van der Waals surface area (Å²) >= 11 is 0. The van der Waals surface area contributed by atoms with Crippen LogP contribution in [0.25, 0.3) is 0 Å². The lowest BCUT2D eigenvalue weighted by Gasteiger charge is -2.28. The minimum atomic E-state index is -3.92. The first-order valence-electron chi connectivity index (χ1n) is 10.0. The van der Waals surface area contributed by atoms with Gasteiger partial charge in [-0.1, -0.05) is 23.8 Å². The number of hydrogen-bond donors (Lipinski definition) is 1. The molecule has 0 amide bonds. The van der Waals surface area contributed by atoms with Gasteiger partial charge < -0.3 is 0 Å². The Morgan fingerprint density at radius 2 is 1.53 bits per heavy atom. The lowest BCUT2D eigenvalue weighted by molar-refractivity contribution is 0.391. The van der Waals surface area contributed by atoms with E-state index in [1.54, 1.807) is 42.5 Å². The molecule has 3 aromatic rings. The van der Waals surface area contributed by atoms with Crippen LogP contribution in [0.1, 0.15) is 22.3 Å². The molecule has 1 N–H and O–H groups in total. The van der Waals surface area contributed by atoms with Crippen LogP contribution < -0.4 is 4.72 Å². The Bertz CT molecular complexity index is 1390. The van der Waals surface area contributed by atoms with Crippen molar-refractivity contribution in [1.82, 2.24) is 4.31 Å². The van der Waals surface area contributed by atoms with Crippen LogP contribution in [0, 0.1) is 19.7 Å². The third-order valence-corrected chi connectivity index (χ3v) is 8.77. The van der Waals surface area contributed by atoms with E-state index in [1.165, 1.54) is 23.4 Å². The standard InChI is InChI=1S/C23H23FN2O4S2/c1-16-3-7-21(8-4-16)32(29,30)26-12-11-18-5-6-20(14-19(18)15-26)25-31(27,28)22-9-10-23(24)17(2)13-22/h3-10,13-14,25H,11-12,15H2,1-2H3. The summed E-state index contributed by atoms with van der Waals surface area (Å²) in [6, 6.07) is 15.4. The molecular weight excluding hydrogens is 451 g/mol. The summed E-state index contributed by atoms with van der Waals surface area (Å²) in [6.45, 7) is 3.89. The first-order chi connectivity index (χ1) is 15.1. The fourth-order valence-corrected chi connectivity index (χ4v) is 6.21. The summed E-state index contributed by atoms with van der Waals surface area (Å²) in [5.74, 6) is -0.479. The lowest BCUT2D eigenvalue weighted by atomic mass is 10.0. The number of aryl methyl sites for hydroxylation is 2. The maximum Gasteiger partial charge on any atom is 0.261 e. The fraction of sp³-hybridized carbons (Fsp3) is 0.217. The summed E-state index contributed by atoms with van der Waals surface area (Å²) in [4.78, 5) is 0.188. The summed E-state index contributed by atoms with van der Waals surface area (Å²) < 4.78 is 69.0. The van der Waals surface area contributed by atoms with Crippen molar-refractivity contribution in [2.75, 3.05) is 11.3 Å². The van der Waals surface area contributed by atoms with Crippen LogP contribution in [0.4, 0.5) is 10.1 Å². The van der Waals surface area contributed by atoms with Crippen LogP contribution in [0.2, 0.25) is 0 Å². The van der Waals surface area contributed by atoms with Crippen molar-refractivity contribution in [3.05, 3.63) is 88.7 Å². The van der Waals surface area contributed by atoms with Crippen LogP contribution in [0.3, 0.4) is 0 Å². The molecule has 0 fully saturated rings. The summed E-state index contributed by atoms with van der Waals surface area (Å²) in [6.07, 6.45) is 0.532. The van der Waals surface area contributed by atoms with E-state index in [-0.39, 0.29) is 21.9 Å². The quantitative estimate of drug-likeness (QED) is 0.606. The highest BCUT2D eigenvalue weighted by atomic mass is 32.2. The minimum Gasteiger partial charge on any atom is -0.280 e. The van der Waals surface area contributed by atoms with Crippen molar-refractivity contribution in [2.45, 2.75) is 36.6 Å². The van der Waals surface area contributed by atoms with Crippen molar-refractivity contribution < 1.29 is 21.2 Å². The second-order valence-electron chi connectivity index (χ2n) is 7.90. The topological polar surface area (TPSA) is 83.6 Å². The number of anilines is 1. The second kappa shape index (κ2) is 8.31. The maximum atomic E-state index is 13.5. The van der Waals surface area contributed by atoms with E-state index in [2.05, 4.69) is 4.72 Å². The average molecular weight is 475 g/mol. The fourth-order valence-electron chi connectivity index (χ4n) is 3.66. The normalized spacial score (nSPS) is 14.7. The second-order valence-corrected chi connectivity index (χ2v) is 11.5. The maximum absolute atomic E-state index is 13.5. The molecular formula is C23H23FN2O4S2. The zero-order valence-electron chi connectivity index (χ0n) is 17.7. The smallest absolute Gasteiger partial charge is 0.261 e. The first-order valence-corrected chi connectivity index (χ1v) is 13.0. The van der Waals surface area contributed by atoms with Crippen molar-refractivity contribution in [1.29, 1.82) is 0 Å². The van der Waals surface area contributed by atoms with E-state index >= 15 is 0 Å². The van der Waals surface area contributed by atoms with Gasteiger partial charge >= 0.3 is 0 Å². The van der Waals surface area contributed by atoms with Gasteiger partial charge in [-0.2, -0.15) is 4.31 Å². The minimum absolute atomic E-state index is 0.0438. The molecule has 168 valence electrons. The van der Waals surface area contributed by atoms with Crippen molar-refractivity contribution >= 4 is 25.7 Å². The molecule has 0 aliphatic carbocycles. The van der Waals surface area contributed by atoms with E-state index in [4.69, 9.17) is 0 Å². The van der Waals surface area contributed by atoms with Gasteiger partial charge in [-0.15, -0.1) is 0 Å². The molecule has 9 heteroatoms. The highest BCUT2D eigenvalue weighted by Gasteiger charge is 2.28. The summed E-state index contributed by atoms with van der Waals surface area (Å²) in [5, 5.41) is 0. The molecule has 0 atom stereocenters. The number of benzene rings is 3. The monoisotopic (exact) mass is 474 g/mol. The zero-order chi connectivity index (χ0) is 23.1. The van der Waals surface area contributed by atoms with Crippen LogP contribution in [0.5, 0.6) is 0 Å². The Hall–Kier alpha value is -2.75. The van der Waals surface area contributed by atoms with Gasteiger partial charge in [0.2, 0.25) is 10.0 Å². The Kier molecular flexibility index (Phi) is 5.83. The van der Waals surface area contributed by atoms with E-state index in [9.17, 15) is 21.2 Å². The number of hydrogen-bond acceptors (Lipinski definition) is 4. The summed E-state index contributed by atoms with van der Waals surface area (Å²) in [7, 11) is -7.58. The van der Waals surface area contributed by atoms with Gasteiger partial charge in [-0.3, -0.25) is 4.72 Å². The van der Waals surface area contributed by atoms with Crippen LogP contribution in [-0.2, 0) is 33.0 Å². The largest absolute Gasteiger partial charge is 0.280 e. The molecule has 0 aromatic heterocycles. The van der Waals surface area contributed by atoms with E-state index < -0.39 is 25.9 Å². The molecule has 1 aliphatic rings. The van der Waals surface area contributed by atoms with Crippen LogP contribution >= 0.6 is 0 Å². The van der Waals surface area contributed by atoms with Gasteiger partial charge in [0, 0.05) is 18.8 Å². The van der Waals surface area contributed by atoms with Crippen LogP contribution in [-0.4, -0.2) is 27.7 Å². The molecule has 3 aromatic carbocycles. The molecule has 0 radical (unpaired) electrons. The van der Waals surface area contributed by atoms with Crippen LogP contribution in [0.15, 0.2) is 70.5 Å². The average Bonchev–Trinajstić information content (AvgIpc) is 2.75. The van der Waals surface area contributed by atoms with E-state index in [0.29, 0.717) is 18.7 Å². The SMILES string of the molecule is Cc1ccc(S(=O)(=O)N2CCc3ccc(NS(=O)(=O)c4ccc(F)c(C)c4)cc3C2)cc1. The molecule has 0 saturated carbocycles.